The number of alkyl halides is 3. The molecule has 2 aromatic heterocycles. The number of ether oxygens (including phenoxy) is 1. The topological polar surface area (TPSA) is 130 Å². The summed E-state index contributed by atoms with van der Waals surface area (Å²) in [6.07, 6.45) is -1.34. The zero-order valence-corrected chi connectivity index (χ0v) is 22.7. The first-order chi connectivity index (χ1) is 18.2. The monoisotopic (exact) mass is 554 g/mol. The summed E-state index contributed by atoms with van der Waals surface area (Å²) >= 11 is 0. The number of nitriles is 1. The number of hydrogen-bond donors (Lipinski definition) is 0. The molecule has 1 amide bonds. The highest BCUT2D eigenvalue weighted by atomic mass is 19.4. The van der Waals surface area contributed by atoms with E-state index in [-0.39, 0.29) is 40.4 Å². The lowest BCUT2D eigenvalue weighted by molar-refractivity contribution is -0.234. The van der Waals surface area contributed by atoms with Gasteiger partial charge in [0, 0.05) is 13.1 Å². The van der Waals surface area contributed by atoms with E-state index in [4.69, 9.17) is 4.74 Å². The summed E-state index contributed by atoms with van der Waals surface area (Å²) < 4.78 is 46.8. The van der Waals surface area contributed by atoms with Gasteiger partial charge in [-0.15, -0.1) is 0 Å². The molecule has 214 valence electrons. The fourth-order valence-electron chi connectivity index (χ4n) is 4.18. The van der Waals surface area contributed by atoms with Gasteiger partial charge in [0.05, 0.1) is 6.33 Å². The Morgan fingerprint density at radius 3 is 2.41 bits per heavy atom. The largest absolute Gasteiger partial charge is 0.493 e. The SMILES string of the molecule is CN(C)CCCn1cnc2c(N(CC3CCCC3)N(OC(=O)C(F)(F)F)C(=O)OC(C)(C)C)nc(C#N)nc21. The number of aromatic nitrogens is 4. The summed E-state index contributed by atoms with van der Waals surface area (Å²) in [4.78, 5) is 44.6. The maximum atomic E-state index is 13.3. The standard InChI is InChI=1S/C24H33F3N8O4/c1-23(2,3)38-22(37)35(39-21(36)24(25,26)27)34(14-16-9-6-7-10-16)20-18-19(30-17(13-28)31-20)33(15-29-18)12-8-11-32(4)5/h15-16H,6-12,14H2,1-5H3. The molecule has 0 spiro atoms. The molecule has 0 aromatic carbocycles. The second kappa shape index (κ2) is 12.0. The minimum atomic E-state index is -5.40. The van der Waals surface area contributed by atoms with Gasteiger partial charge in [-0.1, -0.05) is 12.8 Å². The quantitative estimate of drug-likeness (QED) is 0.444. The van der Waals surface area contributed by atoms with Crippen LogP contribution in [-0.2, 0) is 20.9 Å². The van der Waals surface area contributed by atoms with Gasteiger partial charge in [-0.05, 0) is 71.8 Å². The molecule has 0 aliphatic heterocycles. The predicted molar refractivity (Wildman–Crippen MR) is 133 cm³/mol. The van der Waals surface area contributed by atoms with Crippen LogP contribution in [0.2, 0.25) is 0 Å². The minimum Gasteiger partial charge on any atom is -0.440 e. The van der Waals surface area contributed by atoms with Crippen LogP contribution in [0.15, 0.2) is 6.33 Å². The molecule has 1 aliphatic rings. The molecule has 2 aromatic rings. The van der Waals surface area contributed by atoms with Crippen LogP contribution < -0.4 is 5.01 Å². The van der Waals surface area contributed by atoms with Crippen molar-refractivity contribution in [3.63, 3.8) is 0 Å². The second-order valence-electron chi connectivity index (χ2n) is 10.6. The number of halogens is 3. The number of carbonyl (C=O) groups excluding carboxylic acids is 2. The summed E-state index contributed by atoms with van der Waals surface area (Å²) in [5.41, 5.74) is -0.766. The maximum Gasteiger partial charge on any atom is 0.493 e. The number of rotatable bonds is 8. The molecular weight excluding hydrogens is 521 g/mol. The van der Waals surface area contributed by atoms with Gasteiger partial charge in [-0.2, -0.15) is 28.4 Å². The number of carbonyl (C=O) groups is 2. The molecular formula is C24H33F3N8O4. The Kier molecular flexibility index (Phi) is 9.21. The normalized spacial score (nSPS) is 14.5. The van der Waals surface area contributed by atoms with Gasteiger partial charge in [-0.25, -0.2) is 19.6 Å². The van der Waals surface area contributed by atoms with E-state index < -0.39 is 23.8 Å². The molecule has 0 saturated heterocycles. The Hall–Kier alpha value is -3.67. The lowest BCUT2D eigenvalue weighted by Gasteiger charge is -2.35. The van der Waals surface area contributed by atoms with Crippen molar-refractivity contribution < 1.29 is 32.3 Å². The van der Waals surface area contributed by atoms with Crippen molar-refractivity contribution in [2.75, 3.05) is 32.2 Å². The number of fused-ring (bicyclic) bond motifs is 1. The van der Waals surface area contributed by atoms with Gasteiger partial charge in [-0.3, -0.25) is 0 Å². The first kappa shape index (κ1) is 29.9. The summed E-state index contributed by atoms with van der Waals surface area (Å²) in [6, 6.07) is 1.85. The molecule has 39 heavy (non-hydrogen) atoms. The lowest BCUT2D eigenvalue weighted by Crippen LogP contribution is -2.53. The predicted octanol–water partition coefficient (Wildman–Crippen LogP) is 3.82. The molecule has 12 nitrogen and oxygen atoms in total. The summed E-state index contributed by atoms with van der Waals surface area (Å²) in [5.74, 6) is -3.15. The highest BCUT2D eigenvalue weighted by molar-refractivity contribution is 5.86. The Labute approximate surface area is 224 Å². The number of amides is 1. The molecule has 0 radical (unpaired) electrons. The first-order valence-corrected chi connectivity index (χ1v) is 12.6. The summed E-state index contributed by atoms with van der Waals surface area (Å²) in [5, 5.41) is 10.8. The third-order valence-corrected chi connectivity index (χ3v) is 5.87. The van der Waals surface area contributed by atoms with E-state index in [0.29, 0.717) is 6.54 Å². The highest BCUT2D eigenvalue weighted by Gasteiger charge is 2.46. The zero-order valence-electron chi connectivity index (χ0n) is 22.7. The Morgan fingerprint density at radius 2 is 1.85 bits per heavy atom. The average molecular weight is 555 g/mol. The Morgan fingerprint density at radius 1 is 1.18 bits per heavy atom. The van der Waals surface area contributed by atoms with Gasteiger partial charge in [0.1, 0.15) is 11.7 Å². The van der Waals surface area contributed by atoms with E-state index in [1.54, 1.807) is 4.57 Å². The number of hydrazine groups is 1. The number of anilines is 1. The van der Waals surface area contributed by atoms with Gasteiger partial charge in [0.2, 0.25) is 5.82 Å². The van der Waals surface area contributed by atoms with E-state index in [9.17, 15) is 28.0 Å². The number of aryl methyl sites for hydroxylation is 1. The van der Waals surface area contributed by atoms with Crippen molar-refractivity contribution in [1.29, 1.82) is 5.26 Å². The van der Waals surface area contributed by atoms with Crippen LogP contribution in [0.1, 0.15) is 58.7 Å². The molecule has 2 heterocycles. The maximum absolute atomic E-state index is 13.3. The van der Waals surface area contributed by atoms with Crippen LogP contribution >= 0.6 is 0 Å². The van der Waals surface area contributed by atoms with Crippen molar-refractivity contribution in [2.45, 2.75) is 71.2 Å². The third kappa shape index (κ3) is 7.92. The van der Waals surface area contributed by atoms with Gasteiger partial charge in [0.15, 0.2) is 17.0 Å². The first-order valence-electron chi connectivity index (χ1n) is 12.6. The van der Waals surface area contributed by atoms with E-state index in [2.05, 4.69) is 19.8 Å². The molecule has 1 fully saturated rings. The van der Waals surface area contributed by atoms with Crippen LogP contribution in [0.5, 0.6) is 0 Å². The minimum absolute atomic E-state index is 0.0468. The van der Waals surface area contributed by atoms with Crippen LogP contribution in [0.4, 0.5) is 23.8 Å². The Bertz CT molecular complexity index is 1210. The number of imidazole rings is 1. The van der Waals surface area contributed by atoms with Crippen LogP contribution in [0.3, 0.4) is 0 Å². The van der Waals surface area contributed by atoms with E-state index in [1.165, 1.54) is 27.1 Å². The molecule has 1 saturated carbocycles. The molecule has 0 N–H and O–H groups in total. The van der Waals surface area contributed by atoms with Crippen LogP contribution in [0, 0.1) is 17.2 Å². The van der Waals surface area contributed by atoms with Crippen LogP contribution in [-0.4, -0.2) is 80.6 Å². The van der Waals surface area contributed by atoms with Crippen molar-refractivity contribution >= 4 is 29.0 Å². The fourth-order valence-corrected chi connectivity index (χ4v) is 4.18. The van der Waals surface area contributed by atoms with Gasteiger partial charge < -0.3 is 19.0 Å². The molecule has 0 atom stereocenters. The molecule has 15 heteroatoms. The summed E-state index contributed by atoms with van der Waals surface area (Å²) in [6.45, 7) is 5.74. The van der Waals surface area contributed by atoms with Crippen LogP contribution in [0.25, 0.3) is 11.2 Å². The van der Waals surface area contributed by atoms with Crippen molar-refractivity contribution in [3.05, 3.63) is 12.2 Å². The molecule has 1 aliphatic carbocycles. The third-order valence-electron chi connectivity index (χ3n) is 5.87. The lowest BCUT2D eigenvalue weighted by atomic mass is 10.1. The molecule has 0 bridgehead atoms. The van der Waals surface area contributed by atoms with Crippen molar-refractivity contribution in [2.24, 2.45) is 5.92 Å². The second-order valence-corrected chi connectivity index (χ2v) is 10.6. The Balaban J connectivity index is 2.15. The van der Waals surface area contributed by atoms with E-state index in [1.807, 2.05) is 25.1 Å². The molecule has 3 rings (SSSR count). The molecule has 0 unspecified atom stereocenters. The van der Waals surface area contributed by atoms with Crippen molar-refractivity contribution in [3.8, 4) is 6.07 Å². The summed E-state index contributed by atoms with van der Waals surface area (Å²) in [7, 11) is 3.85. The number of hydrogen-bond acceptors (Lipinski definition) is 10. The highest BCUT2D eigenvalue weighted by Crippen LogP contribution is 2.32. The number of hydroxylamine groups is 1. The average Bonchev–Trinajstić information content (AvgIpc) is 3.48. The smallest absolute Gasteiger partial charge is 0.440 e. The fraction of sp³-hybridized carbons (Fsp3) is 0.667. The van der Waals surface area contributed by atoms with Gasteiger partial charge in [0.25, 0.3) is 0 Å². The van der Waals surface area contributed by atoms with E-state index >= 15 is 0 Å². The van der Waals surface area contributed by atoms with Crippen molar-refractivity contribution in [1.82, 2.24) is 29.6 Å². The van der Waals surface area contributed by atoms with E-state index in [0.717, 1.165) is 43.7 Å². The zero-order chi connectivity index (χ0) is 29.0. The van der Waals surface area contributed by atoms with Gasteiger partial charge >= 0.3 is 18.2 Å². The number of nitrogens with zero attached hydrogens (tertiary/aromatic N) is 8.